The van der Waals surface area contributed by atoms with E-state index < -0.39 is 0 Å². The fraction of sp³-hybridized carbons (Fsp3) is 0.273. The zero-order chi connectivity index (χ0) is 20.3. The molecule has 0 aliphatic heterocycles. The standard InChI is InChI=1S/C22H24N2O4/c1-5-14-7-9-15(10-8-14)23-21(25)18-13-24(6-2)22(26)17-12-20(28-4)19(27-3)11-16(17)18/h7-13H,5-6H2,1-4H3,(H,23,25). The van der Waals surface area contributed by atoms with E-state index in [-0.39, 0.29) is 11.5 Å². The highest BCUT2D eigenvalue weighted by Crippen LogP contribution is 2.32. The van der Waals surface area contributed by atoms with Crippen LogP contribution in [0.3, 0.4) is 0 Å². The van der Waals surface area contributed by atoms with Crippen molar-refractivity contribution in [1.29, 1.82) is 0 Å². The molecule has 0 unspecified atom stereocenters. The van der Waals surface area contributed by atoms with Gasteiger partial charge in [-0.15, -0.1) is 0 Å². The fourth-order valence-corrected chi connectivity index (χ4v) is 3.16. The Kier molecular flexibility index (Phi) is 5.68. The van der Waals surface area contributed by atoms with Gasteiger partial charge in [-0.1, -0.05) is 19.1 Å². The van der Waals surface area contributed by atoms with Gasteiger partial charge in [0.25, 0.3) is 11.5 Å². The number of ether oxygens (including phenoxy) is 2. The van der Waals surface area contributed by atoms with Gasteiger partial charge >= 0.3 is 0 Å². The van der Waals surface area contributed by atoms with Gasteiger partial charge in [0, 0.05) is 23.8 Å². The van der Waals surface area contributed by atoms with E-state index in [0.29, 0.717) is 40.1 Å². The molecular weight excluding hydrogens is 356 g/mol. The predicted octanol–water partition coefficient (Wildman–Crippen LogP) is 3.85. The molecule has 0 fully saturated rings. The van der Waals surface area contributed by atoms with E-state index in [4.69, 9.17) is 9.47 Å². The summed E-state index contributed by atoms with van der Waals surface area (Å²) in [6.07, 6.45) is 2.52. The number of pyridine rings is 1. The number of carbonyl (C=O) groups excluding carboxylic acids is 1. The number of nitrogens with one attached hydrogen (secondary N) is 1. The second-order valence-corrected chi connectivity index (χ2v) is 6.39. The maximum Gasteiger partial charge on any atom is 0.258 e. The number of methoxy groups -OCH3 is 2. The van der Waals surface area contributed by atoms with E-state index in [0.717, 1.165) is 6.42 Å². The summed E-state index contributed by atoms with van der Waals surface area (Å²) in [5.74, 6) is 0.621. The number of aryl methyl sites for hydroxylation is 2. The summed E-state index contributed by atoms with van der Waals surface area (Å²) >= 11 is 0. The lowest BCUT2D eigenvalue weighted by Crippen LogP contribution is -2.23. The van der Waals surface area contributed by atoms with Gasteiger partial charge in [-0.25, -0.2) is 0 Å². The van der Waals surface area contributed by atoms with Crippen LogP contribution < -0.4 is 20.3 Å². The monoisotopic (exact) mass is 380 g/mol. The second kappa shape index (κ2) is 8.17. The number of aromatic nitrogens is 1. The summed E-state index contributed by atoms with van der Waals surface area (Å²) in [5, 5.41) is 3.85. The molecule has 6 heteroatoms. The third-order valence-corrected chi connectivity index (χ3v) is 4.80. The van der Waals surface area contributed by atoms with Gasteiger partial charge in [0.15, 0.2) is 11.5 Å². The minimum atomic E-state index is -0.288. The van der Waals surface area contributed by atoms with Gasteiger partial charge in [0.2, 0.25) is 0 Å². The highest BCUT2D eigenvalue weighted by Gasteiger charge is 2.18. The SMILES string of the molecule is CCc1ccc(NC(=O)c2cn(CC)c(=O)c3cc(OC)c(OC)cc23)cc1. The Hall–Kier alpha value is -3.28. The Morgan fingerprint density at radius 1 is 1.00 bits per heavy atom. The van der Waals surface area contributed by atoms with Gasteiger partial charge in [-0.3, -0.25) is 9.59 Å². The predicted molar refractivity (Wildman–Crippen MR) is 111 cm³/mol. The summed E-state index contributed by atoms with van der Waals surface area (Å²) in [6, 6.07) is 11.0. The first-order valence-electron chi connectivity index (χ1n) is 9.21. The lowest BCUT2D eigenvalue weighted by Gasteiger charge is -2.14. The third kappa shape index (κ3) is 3.58. The molecule has 1 aromatic heterocycles. The molecule has 1 N–H and O–H groups in total. The molecular formula is C22H24N2O4. The average Bonchev–Trinajstić information content (AvgIpc) is 2.73. The van der Waals surface area contributed by atoms with Gasteiger partial charge in [-0.2, -0.15) is 0 Å². The van der Waals surface area contributed by atoms with Crippen molar-refractivity contribution in [1.82, 2.24) is 4.57 Å². The lowest BCUT2D eigenvalue weighted by atomic mass is 10.1. The summed E-state index contributed by atoms with van der Waals surface area (Å²) < 4.78 is 12.2. The normalized spacial score (nSPS) is 10.7. The number of hydrogen-bond donors (Lipinski definition) is 1. The Bertz CT molecular complexity index is 1070. The summed E-state index contributed by atoms with van der Waals surface area (Å²) in [4.78, 5) is 25.8. The Labute approximate surface area is 163 Å². The minimum Gasteiger partial charge on any atom is -0.493 e. The van der Waals surface area contributed by atoms with Crippen LogP contribution in [-0.4, -0.2) is 24.7 Å². The van der Waals surface area contributed by atoms with E-state index in [9.17, 15) is 9.59 Å². The average molecular weight is 380 g/mol. The lowest BCUT2D eigenvalue weighted by molar-refractivity contribution is 0.102. The molecule has 3 rings (SSSR count). The van der Waals surface area contributed by atoms with Crippen LogP contribution in [0.25, 0.3) is 10.8 Å². The number of fused-ring (bicyclic) bond motifs is 1. The number of nitrogens with zero attached hydrogens (tertiary/aromatic N) is 1. The molecule has 0 saturated heterocycles. The van der Waals surface area contributed by atoms with Crippen LogP contribution in [0.1, 0.15) is 29.8 Å². The molecule has 3 aromatic rings. The molecule has 1 heterocycles. The Morgan fingerprint density at radius 2 is 1.61 bits per heavy atom. The summed E-state index contributed by atoms with van der Waals surface area (Å²) in [6.45, 7) is 4.39. The number of anilines is 1. The summed E-state index contributed by atoms with van der Waals surface area (Å²) in [5.41, 5.74) is 2.11. The van der Waals surface area contributed by atoms with E-state index in [1.165, 1.54) is 24.4 Å². The van der Waals surface area contributed by atoms with Crippen molar-refractivity contribution < 1.29 is 14.3 Å². The van der Waals surface area contributed by atoms with E-state index >= 15 is 0 Å². The molecule has 0 aliphatic carbocycles. The smallest absolute Gasteiger partial charge is 0.258 e. The van der Waals surface area contributed by atoms with E-state index in [1.807, 2.05) is 31.2 Å². The maximum atomic E-state index is 13.0. The molecule has 146 valence electrons. The quantitative estimate of drug-likeness (QED) is 0.705. The first kappa shape index (κ1) is 19.5. The highest BCUT2D eigenvalue weighted by molar-refractivity contribution is 6.13. The molecule has 0 atom stereocenters. The fourth-order valence-electron chi connectivity index (χ4n) is 3.16. The van der Waals surface area contributed by atoms with Gasteiger partial charge in [0.1, 0.15) is 0 Å². The molecule has 0 radical (unpaired) electrons. The van der Waals surface area contributed by atoms with Crippen molar-refractivity contribution in [3.63, 3.8) is 0 Å². The molecule has 6 nitrogen and oxygen atoms in total. The first-order chi connectivity index (χ1) is 13.5. The number of carbonyl (C=O) groups is 1. The summed E-state index contributed by atoms with van der Waals surface area (Å²) in [7, 11) is 3.03. The van der Waals surface area contributed by atoms with Crippen molar-refractivity contribution in [3.8, 4) is 11.5 Å². The highest BCUT2D eigenvalue weighted by atomic mass is 16.5. The van der Waals surface area contributed by atoms with Crippen LogP contribution in [-0.2, 0) is 13.0 Å². The molecule has 28 heavy (non-hydrogen) atoms. The largest absolute Gasteiger partial charge is 0.493 e. The van der Waals surface area contributed by atoms with Gasteiger partial charge in [0.05, 0.1) is 25.2 Å². The van der Waals surface area contributed by atoms with Crippen LogP contribution in [0.5, 0.6) is 11.5 Å². The minimum absolute atomic E-state index is 0.178. The molecule has 2 aromatic carbocycles. The second-order valence-electron chi connectivity index (χ2n) is 6.39. The van der Waals surface area contributed by atoms with Crippen LogP contribution in [0.2, 0.25) is 0 Å². The maximum absolute atomic E-state index is 13.0. The molecule has 0 saturated carbocycles. The molecule has 0 bridgehead atoms. The van der Waals surface area contributed by atoms with Crippen molar-refractivity contribution in [2.45, 2.75) is 26.8 Å². The van der Waals surface area contributed by atoms with Crippen molar-refractivity contribution in [2.75, 3.05) is 19.5 Å². The van der Waals surface area contributed by atoms with E-state index in [1.54, 1.807) is 18.3 Å². The van der Waals surface area contributed by atoms with Crippen LogP contribution in [0.15, 0.2) is 47.4 Å². The van der Waals surface area contributed by atoms with Gasteiger partial charge in [-0.05, 0) is 43.2 Å². The molecule has 1 amide bonds. The third-order valence-electron chi connectivity index (χ3n) is 4.80. The zero-order valence-corrected chi connectivity index (χ0v) is 16.5. The van der Waals surface area contributed by atoms with Crippen LogP contribution in [0, 0.1) is 0 Å². The zero-order valence-electron chi connectivity index (χ0n) is 16.5. The number of hydrogen-bond acceptors (Lipinski definition) is 4. The van der Waals surface area contributed by atoms with Crippen molar-refractivity contribution in [3.05, 3.63) is 64.1 Å². The number of rotatable bonds is 6. The Balaban J connectivity index is 2.13. The topological polar surface area (TPSA) is 69.6 Å². The first-order valence-corrected chi connectivity index (χ1v) is 9.21. The van der Waals surface area contributed by atoms with Crippen molar-refractivity contribution >= 4 is 22.4 Å². The van der Waals surface area contributed by atoms with Crippen LogP contribution in [0.4, 0.5) is 5.69 Å². The Morgan fingerprint density at radius 3 is 2.14 bits per heavy atom. The molecule has 0 spiro atoms. The number of benzene rings is 2. The van der Waals surface area contributed by atoms with Crippen molar-refractivity contribution in [2.24, 2.45) is 0 Å². The van der Waals surface area contributed by atoms with Crippen LogP contribution >= 0.6 is 0 Å². The molecule has 0 aliphatic rings. The van der Waals surface area contributed by atoms with Gasteiger partial charge < -0.3 is 19.4 Å². The number of amides is 1. The van der Waals surface area contributed by atoms with E-state index in [2.05, 4.69) is 12.2 Å².